The Kier molecular flexibility index (Phi) is 3.34. The van der Waals surface area contributed by atoms with Crippen molar-refractivity contribution in [2.75, 3.05) is 18.0 Å². The number of benzene rings is 1. The van der Waals surface area contributed by atoms with Gasteiger partial charge in [0.25, 0.3) is 0 Å². The van der Waals surface area contributed by atoms with Crippen molar-refractivity contribution < 1.29 is 14.3 Å². The number of cyclic esters (lactones) is 1. The van der Waals surface area contributed by atoms with E-state index in [2.05, 4.69) is 10.3 Å². The number of carbonyl (C=O) groups is 2. The molecule has 1 aromatic carbocycles. The monoisotopic (exact) mass is 324 g/mol. The van der Waals surface area contributed by atoms with Crippen LogP contribution in [0.1, 0.15) is 6.92 Å². The Morgan fingerprint density at radius 1 is 1.38 bits per heavy atom. The van der Waals surface area contributed by atoms with Gasteiger partial charge in [0, 0.05) is 30.4 Å². The second-order valence-electron chi connectivity index (χ2n) is 5.79. The van der Waals surface area contributed by atoms with Crippen molar-refractivity contribution in [3.8, 4) is 0 Å². The summed E-state index contributed by atoms with van der Waals surface area (Å²) >= 11 is 0. The molecule has 0 bridgehead atoms. The first-order valence-corrected chi connectivity index (χ1v) is 7.70. The molecule has 2 amide bonds. The zero-order chi connectivity index (χ0) is 16.7. The molecule has 1 fully saturated rings. The number of rotatable bonds is 3. The Labute approximate surface area is 137 Å². The van der Waals surface area contributed by atoms with Crippen LogP contribution in [0.15, 0.2) is 42.7 Å². The van der Waals surface area contributed by atoms with Crippen LogP contribution in [0.25, 0.3) is 16.6 Å². The molecule has 1 atom stereocenters. The lowest BCUT2D eigenvalue weighted by atomic mass is 10.2. The number of nitrogens with one attached hydrogen (secondary N) is 1. The standard InChI is InChI=1S/C17H16N4O3/c1-11(22)19-9-14-10-21(17(23)24-14)13-3-4-15-12(8-13)2-5-16-18-6-7-20(15)16/h2-8,14H,9-10H2,1H3,(H,19,22)/t14-/m0/s1. The van der Waals surface area contributed by atoms with Gasteiger partial charge in [0.15, 0.2) is 0 Å². The molecule has 24 heavy (non-hydrogen) atoms. The molecule has 4 rings (SSSR count). The van der Waals surface area contributed by atoms with Gasteiger partial charge < -0.3 is 10.1 Å². The number of aromatic nitrogens is 2. The van der Waals surface area contributed by atoms with Gasteiger partial charge >= 0.3 is 6.09 Å². The van der Waals surface area contributed by atoms with E-state index in [9.17, 15) is 9.59 Å². The summed E-state index contributed by atoms with van der Waals surface area (Å²) in [6.07, 6.45) is 2.93. The molecule has 1 aliphatic heterocycles. The van der Waals surface area contributed by atoms with Crippen LogP contribution < -0.4 is 10.2 Å². The van der Waals surface area contributed by atoms with E-state index in [4.69, 9.17) is 4.74 Å². The highest BCUT2D eigenvalue weighted by Crippen LogP contribution is 2.26. The molecular weight excluding hydrogens is 308 g/mol. The number of carbonyl (C=O) groups excluding carboxylic acids is 2. The van der Waals surface area contributed by atoms with E-state index in [0.717, 1.165) is 22.2 Å². The summed E-state index contributed by atoms with van der Waals surface area (Å²) in [7, 11) is 0. The van der Waals surface area contributed by atoms with Crippen molar-refractivity contribution in [2.24, 2.45) is 0 Å². The van der Waals surface area contributed by atoms with Crippen LogP contribution in [0.2, 0.25) is 0 Å². The van der Waals surface area contributed by atoms with E-state index in [1.807, 2.05) is 40.9 Å². The quantitative estimate of drug-likeness (QED) is 0.799. The van der Waals surface area contributed by atoms with Crippen LogP contribution in [0, 0.1) is 0 Å². The average molecular weight is 324 g/mol. The first-order valence-electron chi connectivity index (χ1n) is 7.70. The van der Waals surface area contributed by atoms with Crippen molar-refractivity contribution in [2.45, 2.75) is 13.0 Å². The van der Waals surface area contributed by atoms with Gasteiger partial charge in [0.1, 0.15) is 11.8 Å². The van der Waals surface area contributed by atoms with Crippen molar-refractivity contribution in [3.05, 3.63) is 42.7 Å². The molecule has 7 heteroatoms. The molecule has 3 heterocycles. The summed E-state index contributed by atoms with van der Waals surface area (Å²) in [5.74, 6) is -0.139. The van der Waals surface area contributed by atoms with Gasteiger partial charge in [-0.25, -0.2) is 9.78 Å². The predicted octanol–water partition coefficient (Wildman–Crippen LogP) is 1.95. The molecular formula is C17H16N4O3. The lowest BCUT2D eigenvalue weighted by molar-refractivity contribution is -0.119. The Hall–Kier alpha value is -3.09. The number of imidazole rings is 1. The zero-order valence-corrected chi connectivity index (χ0v) is 13.1. The average Bonchev–Trinajstić information content (AvgIpc) is 3.18. The molecule has 0 radical (unpaired) electrons. The fraction of sp³-hybridized carbons (Fsp3) is 0.235. The number of pyridine rings is 1. The smallest absolute Gasteiger partial charge is 0.414 e. The van der Waals surface area contributed by atoms with E-state index >= 15 is 0 Å². The minimum absolute atomic E-state index is 0.139. The largest absolute Gasteiger partial charge is 0.442 e. The number of fused-ring (bicyclic) bond motifs is 3. The summed E-state index contributed by atoms with van der Waals surface area (Å²) in [4.78, 5) is 29.0. The maximum atomic E-state index is 12.1. The van der Waals surface area contributed by atoms with Gasteiger partial charge in [-0.05, 0) is 30.3 Å². The van der Waals surface area contributed by atoms with Gasteiger partial charge in [-0.15, -0.1) is 0 Å². The number of ether oxygens (including phenoxy) is 1. The number of hydrogen-bond acceptors (Lipinski definition) is 4. The summed E-state index contributed by atoms with van der Waals surface area (Å²) in [5.41, 5.74) is 2.68. The van der Waals surface area contributed by atoms with E-state index in [-0.39, 0.29) is 12.0 Å². The number of amides is 2. The maximum absolute atomic E-state index is 12.1. The zero-order valence-electron chi connectivity index (χ0n) is 13.1. The van der Waals surface area contributed by atoms with Crippen LogP contribution in [-0.4, -0.2) is 40.6 Å². The normalized spacial score (nSPS) is 17.5. The molecule has 7 nitrogen and oxygen atoms in total. The Bertz CT molecular complexity index is 949. The summed E-state index contributed by atoms with van der Waals surface area (Å²) < 4.78 is 7.31. The van der Waals surface area contributed by atoms with Gasteiger partial charge in [-0.3, -0.25) is 14.1 Å². The van der Waals surface area contributed by atoms with Crippen LogP contribution in [0.5, 0.6) is 0 Å². The highest BCUT2D eigenvalue weighted by Gasteiger charge is 2.32. The fourth-order valence-electron chi connectivity index (χ4n) is 2.97. The third-order valence-electron chi connectivity index (χ3n) is 4.12. The van der Waals surface area contributed by atoms with Gasteiger partial charge in [0.05, 0.1) is 18.6 Å². The summed E-state index contributed by atoms with van der Waals surface area (Å²) in [6, 6.07) is 9.74. The Balaban J connectivity index is 1.63. The molecule has 0 spiro atoms. The lowest BCUT2D eigenvalue weighted by Crippen LogP contribution is -2.33. The van der Waals surface area contributed by atoms with Crippen LogP contribution in [-0.2, 0) is 9.53 Å². The third kappa shape index (κ3) is 2.44. The highest BCUT2D eigenvalue weighted by molar-refractivity contribution is 5.94. The fourth-order valence-corrected chi connectivity index (χ4v) is 2.97. The van der Waals surface area contributed by atoms with Gasteiger partial charge in [0.2, 0.25) is 5.91 Å². The molecule has 122 valence electrons. The first-order chi connectivity index (χ1) is 11.6. The molecule has 0 aliphatic carbocycles. The molecule has 1 N–H and O–H groups in total. The molecule has 3 aromatic rings. The Morgan fingerprint density at radius 3 is 3.08 bits per heavy atom. The second kappa shape index (κ2) is 5.52. The van der Waals surface area contributed by atoms with Gasteiger partial charge in [-0.1, -0.05) is 0 Å². The molecule has 0 unspecified atom stereocenters. The van der Waals surface area contributed by atoms with E-state index in [1.54, 1.807) is 11.1 Å². The number of anilines is 1. The van der Waals surface area contributed by atoms with Crippen LogP contribution in [0.4, 0.5) is 10.5 Å². The van der Waals surface area contributed by atoms with Crippen molar-refractivity contribution >= 4 is 34.2 Å². The first kappa shape index (κ1) is 14.5. The summed E-state index contributed by atoms with van der Waals surface area (Å²) in [5, 5.41) is 3.68. The maximum Gasteiger partial charge on any atom is 0.414 e. The van der Waals surface area contributed by atoms with Crippen LogP contribution in [0.3, 0.4) is 0 Å². The second-order valence-corrected chi connectivity index (χ2v) is 5.79. The van der Waals surface area contributed by atoms with Crippen LogP contribution >= 0.6 is 0 Å². The minimum atomic E-state index is -0.395. The predicted molar refractivity (Wildman–Crippen MR) is 89.0 cm³/mol. The topological polar surface area (TPSA) is 75.9 Å². The molecule has 2 aromatic heterocycles. The summed E-state index contributed by atoms with van der Waals surface area (Å²) in [6.45, 7) is 2.17. The van der Waals surface area contributed by atoms with Crippen molar-refractivity contribution in [1.29, 1.82) is 0 Å². The van der Waals surface area contributed by atoms with E-state index in [0.29, 0.717) is 13.1 Å². The molecule has 0 saturated carbocycles. The third-order valence-corrected chi connectivity index (χ3v) is 4.12. The number of nitrogens with zero attached hydrogens (tertiary/aromatic N) is 3. The van der Waals surface area contributed by atoms with Crippen molar-refractivity contribution in [3.63, 3.8) is 0 Å². The molecule has 1 aliphatic rings. The lowest BCUT2D eigenvalue weighted by Gasteiger charge is -2.14. The van der Waals surface area contributed by atoms with Gasteiger partial charge in [-0.2, -0.15) is 0 Å². The van der Waals surface area contributed by atoms with E-state index in [1.165, 1.54) is 6.92 Å². The highest BCUT2D eigenvalue weighted by atomic mass is 16.6. The van der Waals surface area contributed by atoms with E-state index < -0.39 is 6.09 Å². The molecule has 1 saturated heterocycles. The minimum Gasteiger partial charge on any atom is -0.442 e. The SMILES string of the molecule is CC(=O)NC[C@H]1CN(c2ccc3c(ccc4nccn43)c2)C(=O)O1. The Morgan fingerprint density at radius 2 is 2.25 bits per heavy atom. The van der Waals surface area contributed by atoms with Crippen molar-refractivity contribution in [1.82, 2.24) is 14.7 Å². The number of hydrogen-bond donors (Lipinski definition) is 1.